The van der Waals surface area contributed by atoms with Crippen molar-refractivity contribution in [3.05, 3.63) is 0 Å². The van der Waals surface area contributed by atoms with Gasteiger partial charge in [-0.05, 0) is 33.5 Å². The zero-order chi connectivity index (χ0) is 16.8. The summed E-state index contributed by atoms with van der Waals surface area (Å²) in [5.74, 6) is 0.922. The molecule has 0 amide bonds. The normalized spacial score (nSPS) is 16.1. The molecule has 0 aromatic heterocycles. The van der Waals surface area contributed by atoms with Crippen molar-refractivity contribution in [3.8, 4) is 0 Å². The van der Waals surface area contributed by atoms with E-state index in [9.17, 15) is 0 Å². The number of morpholine rings is 1. The van der Waals surface area contributed by atoms with Crippen molar-refractivity contribution in [2.75, 3.05) is 73.6 Å². The molecule has 0 spiro atoms. The van der Waals surface area contributed by atoms with Gasteiger partial charge in [0.15, 0.2) is 5.96 Å². The number of halogens is 1. The van der Waals surface area contributed by atoms with Gasteiger partial charge in [-0.2, -0.15) is 0 Å². The van der Waals surface area contributed by atoms with Gasteiger partial charge in [0.05, 0.1) is 13.2 Å². The third-order valence-corrected chi connectivity index (χ3v) is 4.12. The average molecular weight is 455 g/mol. The molecule has 1 aliphatic rings. The van der Waals surface area contributed by atoms with Gasteiger partial charge in [0.1, 0.15) is 0 Å². The summed E-state index contributed by atoms with van der Waals surface area (Å²) in [6.45, 7) is 8.01. The number of nitrogens with zero attached hydrogens (tertiary/aromatic N) is 3. The van der Waals surface area contributed by atoms with Crippen LogP contribution in [0.5, 0.6) is 0 Å². The number of unbranched alkanes of at least 4 members (excludes halogenated alkanes) is 4. The summed E-state index contributed by atoms with van der Waals surface area (Å²) in [6.07, 6.45) is 6.49. The molecule has 0 aromatic rings. The number of guanidine groups is 1. The Morgan fingerprint density at radius 1 is 1.00 bits per heavy atom. The first kappa shape index (κ1) is 23.9. The minimum atomic E-state index is 0. The smallest absolute Gasteiger partial charge is 0.191 e. The molecule has 0 bridgehead atoms. The second-order valence-corrected chi connectivity index (χ2v) is 6.45. The first-order chi connectivity index (χ1) is 11.2. The lowest BCUT2D eigenvalue weighted by Gasteiger charge is -2.26. The second-order valence-electron chi connectivity index (χ2n) is 6.45. The summed E-state index contributed by atoms with van der Waals surface area (Å²) in [5, 5.41) is 6.80. The maximum absolute atomic E-state index is 5.36. The van der Waals surface area contributed by atoms with Crippen LogP contribution in [0.15, 0.2) is 4.99 Å². The molecule has 24 heavy (non-hydrogen) atoms. The molecule has 2 N–H and O–H groups in total. The van der Waals surface area contributed by atoms with Gasteiger partial charge in [-0.15, -0.1) is 24.0 Å². The molecule has 0 saturated carbocycles. The van der Waals surface area contributed by atoms with Gasteiger partial charge in [0.25, 0.3) is 0 Å². The molecule has 1 aliphatic heterocycles. The summed E-state index contributed by atoms with van der Waals surface area (Å²) < 4.78 is 5.36. The number of hydrogen-bond acceptors (Lipinski definition) is 4. The minimum absolute atomic E-state index is 0. The molecular weight excluding hydrogens is 417 g/mol. The molecule has 0 unspecified atom stereocenters. The Morgan fingerprint density at radius 3 is 2.29 bits per heavy atom. The fourth-order valence-electron chi connectivity index (χ4n) is 2.67. The Balaban J connectivity index is 0.00000529. The van der Waals surface area contributed by atoms with Crippen LogP contribution in [-0.2, 0) is 4.74 Å². The summed E-state index contributed by atoms with van der Waals surface area (Å²) in [4.78, 5) is 8.97. The van der Waals surface area contributed by atoms with E-state index in [1.165, 1.54) is 38.6 Å². The van der Waals surface area contributed by atoms with Gasteiger partial charge in [0.2, 0.25) is 0 Å². The van der Waals surface area contributed by atoms with Gasteiger partial charge in [-0.1, -0.05) is 19.3 Å². The van der Waals surface area contributed by atoms with E-state index in [1.54, 1.807) is 0 Å². The first-order valence-electron chi connectivity index (χ1n) is 9.11. The molecule has 6 nitrogen and oxygen atoms in total. The zero-order valence-corrected chi connectivity index (χ0v) is 18.2. The van der Waals surface area contributed by atoms with Crippen molar-refractivity contribution in [2.24, 2.45) is 4.99 Å². The Labute approximate surface area is 165 Å². The highest BCUT2D eigenvalue weighted by Gasteiger charge is 2.09. The van der Waals surface area contributed by atoms with Crippen molar-refractivity contribution >= 4 is 29.9 Å². The fourth-order valence-corrected chi connectivity index (χ4v) is 2.67. The monoisotopic (exact) mass is 455 g/mol. The van der Waals surface area contributed by atoms with Crippen molar-refractivity contribution < 1.29 is 4.74 Å². The van der Waals surface area contributed by atoms with Crippen LogP contribution in [0.4, 0.5) is 0 Å². The highest BCUT2D eigenvalue weighted by molar-refractivity contribution is 14.0. The second kappa shape index (κ2) is 16.4. The van der Waals surface area contributed by atoms with E-state index >= 15 is 0 Å². The highest BCUT2D eigenvalue weighted by atomic mass is 127. The van der Waals surface area contributed by atoms with E-state index in [1.807, 2.05) is 7.05 Å². The molecule has 1 heterocycles. The van der Waals surface area contributed by atoms with E-state index < -0.39 is 0 Å². The molecule has 0 aliphatic carbocycles. The van der Waals surface area contributed by atoms with Crippen LogP contribution in [0.1, 0.15) is 32.1 Å². The number of nitrogens with one attached hydrogen (secondary N) is 2. The molecule has 1 rings (SSSR count). The number of ether oxygens (including phenoxy) is 1. The lowest BCUT2D eigenvalue weighted by atomic mass is 10.1. The molecule has 1 saturated heterocycles. The van der Waals surface area contributed by atoms with Crippen LogP contribution >= 0.6 is 24.0 Å². The zero-order valence-electron chi connectivity index (χ0n) is 15.9. The predicted molar refractivity (Wildman–Crippen MR) is 114 cm³/mol. The Hall–Kier alpha value is -0.120. The molecule has 0 radical (unpaired) electrons. The first-order valence-corrected chi connectivity index (χ1v) is 9.11. The predicted octanol–water partition coefficient (Wildman–Crippen LogP) is 1.61. The van der Waals surface area contributed by atoms with Crippen LogP contribution in [0, 0.1) is 0 Å². The maximum Gasteiger partial charge on any atom is 0.191 e. The van der Waals surface area contributed by atoms with Crippen molar-refractivity contribution in [1.29, 1.82) is 0 Å². The van der Waals surface area contributed by atoms with Gasteiger partial charge < -0.3 is 20.3 Å². The third kappa shape index (κ3) is 13.2. The minimum Gasteiger partial charge on any atom is -0.379 e. The lowest BCUT2D eigenvalue weighted by molar-refractivity contribution is 0.0389. The molecule has 144 valence electrons. The lowest BCUT2D eigenvalue weighted by Crippen LogP contribution is -2.44. The highest BCUT2D eigenvalue weighted by Crippen LogP contribution is 2.02. The Kier molecular flexibility index (Phi) is 16.3. The van der Waals surface area contributed by atoms with Gasteiger partial charge in [-0.3, -0.25) is 9.89 Å². The maximum atomic E-state index is 5.36. The Bertz CT molecular complexity index is 309. The standard InChI is InChI=1S/C17H37N5O.HI/c1-18-17(20-10-12-22-13-15-23-16-14-22)19-9-7-5-4-6-8-11-21(2)3;/h4-16H2,1-3H3,(H2,18,19,20);1H. The molecule has 0 aromatic carbocycles. The molecule has 7 heteroatoms. The number of rotatable bonds is 11. The van der Waals surface area contributed by atoms with Gasteiger partial charge in [-0.25, -0.2) is 0 Å². The summed E-state index contributed by atoms with van der Waals surface area (Å²) in [7, 11) is 6.12. The number of hydrogen-bond donors (Lipinski definition) is 2. The van der Waals surface area contributed by atoms with Crippen molar-refractivity contribution in [2.45, 2.75) is 32.1 Å². The largest absolute Gasteiger partial charge is 0.379 e. The average Bonchev–Trinajstić information content (AvgIpc) is 2.56. The number of aliphatic imine (C=N–C) groups is 1. The van der Waals surface area contributed by atoms with Gasteiger partial charge in [0, 0.05) is 39.8 Å². The Morgan fingerprint density at radius 2 is 1.62 bits per heavy atom. The topological polar surface area (TPSA) is 52.1 Å². The van der Waals surface area contributed by atoms with Crippen LogP contribution in [-0.4, -0.2) is 89.4 Å². The van der Waals surface area contributed by atoms with E-state index in [4.69, 9.17) is 4.74 Å². The fraction of sp³-hybridized carbons (Fsp3) is 0.941. The van der Waals surface area contributed by atoms with Crippen molar-refractivity contribution in [3.63, 3.8) is 0 Å². The van der Waals surface area contributed by atoms with Crippen LogP contribution in [0.25, 0.3) is 0 Å². The summed E-state index contributed by atoms with van der Waals surface area (Å²) in [6, 6.07) is 0. The van der Waals surface area contributed by atoms with E-state index in [-0.39, 0.29) is 24.0 Å². The molecule has 1 fully saturated rings. The van der Waals surface area contributed by atoms with Gasteiger partial charge >= 0.3 is 0 Å². The summed E-state index contributed by atoms with van der Waals surface area (Å²) >= 11 is 0. The summed E-state index contributed by atoms with van der Waals surface area (Å²) in [5.41, 5.74) is 0. The van der Waals surface area contributed by atoms with Crippen LogP contribution < -0.4 is 10.6 Å². The van der Waals surface area contributed by atoms with E-state index in [0.29, 0.717) is 0 Å². The quantitative estimate of drug-likeness (QED) is 0.215. The van der Waals surface area contributed by atoms with E-state index in [2.05, 4.69) is 39.5 Å². The van der Waals surface area contributed by atoms with Crippen molar-refractivity contribution in [1.82, 2.24) is 20.4 Å². The van der Waals surface area contributed by atoms with Crippen LogP contribution in [0.2, 0.25) is 0 Å². The molecule has 0 atom stereocenters. The van der Waals surface area contributed by atoms with Crippen LogP contribution in [0.3, 0.4) is 0 Å². The van der Waals surface area contributed by atoms with E-state index in [0.717, 1.165) is 51.9 Å². The SMILES string of the molecule is CN=C(NCCCCCCCN(C)C)NCCN1CCOCC1.I. The molecular formula is C17H38IN5O. The third-order valence-electron chi connectivity index (χ3n) is 4.12.